The minimum atomic E-state index is 0.713. The molecule has 0 radical (unpaired) electrons. The van der Waals surface area contributed by atoms with Crippen LogP contribution in [0.5, 0.6) is 0 Å². The maximum atomic E-state index is 5.92. The zero-order valence-electron chi connectivity index (χ0n) is 10.8. The van der Waals surface area contributed by atoms with E-state index in [9.17, 15) is 0 Å². The van der Waals surface area contributed by atoms with Crippen LogP contribution < -0.4 is 5.73 Å². The Morgan fingerprint density at radius 2 is 1.83 bits per heavy atom. The van der Waals surface area contributed by atoms with Crippen molar-refractivity contribution >= 4 is 23.4 Å². The summed E-state index contributed by atoms with van der Waals surface area (Å²) in [5.74, 6) is 1.79. The van der Waals surface area contributed by atoms with Crippen LogP contribution in [0.25, 0.3) is 0 Å². The number of hydrogen-bond acceptors (Lipinski definition) is 2. The van der Waals surface area contributed by atoms with Crippen molar-refractivity contribution < 1.29 is 0 Å². The Kier molecular flexibility index (Phi) is 5.87. The minimum Gasteiger partial charge on any atom is -0.330 e. The van der Waals surface area contributed by atoms with E-state index in [0.717, 1.165) is 22.6 Å². The second-order valence-electron chi connectivity index (χ2n) is 5.11. The molecule has 2 atom stereocenters. The third-order valence-corrected chi connectivity index (χ3v) is 5.57. The summed E-state index contributed by atoms with van der Waals surface area (Å²) in [4.78, 5) is 0. The lowest BCUT2D eigenvalue weighted by Crippen LogP contribution is -2.24. The van der Waals surface area contributed by atoms with Crippen LogP contribution in [0.2, 0.25) is 5.02 Å². The summed E-state index contributed by atoms with van der Waals surface area (Å²) in [7, 11) is 0. The van der Waals surface area contributed by atoms with Crippen LogP contribution in [-0.2, 0) is 5.75 Å². The lowest BCUT2D eigenvalue weighted by molar-refractivity contribution is 0.483. The Hall–Kier alpha value is -0.180. The van der Waals surface area contributed by atoms with Gasteiger partial charge in [0.15, 0.2) is 0 Å². The molecule has 0 saturated heterocycles. The van der Waals surface area contributed by atoms with E-state index in [1.54, 1.807) is 0 Å². The van der Waals surface area contributed by atoms with E-state index in [1.807, 2.05) is 12.1 Å². The van der Waals surface area contributed by atoms with Crippen molar-refractivity contribution in [1.29, 1.82) is 0 Å². The summed E-state index contributed by atoms with van der Waals surface area (Å²) in [5, 5.41) is 1.56. The zero-order chi connectivity index (χ0) is 12.8. The van der Waals surface area contributed by atoms with Crippen LogP contribution in [0, 0.1) is 5.92 Å². The average molecular weight is 284 g/mol. The molecule has 3 heteroatoms. The molecule has 0 aliphatic heterocycles. The van der Waals surface area contributed by atoms with Gasteiger partial charge in [0.2, 0.25) is 0 Å². The van der Waals surface area contributed by atoms with Crippen molar-refractivity contribution in [2.45, 2.75) is 43.1 Å². The molecule has 0 heterocycles. The molecule has 1 aliphatic rings. The van der Waals surface area contributed by atoms with Gasteiger partial charge in [0.25, 0.3) is 0 Å². The fourth-order valence-corrected chi connectivity index (χ4v) is 4.20. The molecular weight excluding hydrogens is 262 g/mol. The zero-order valence-corrected chi connectivity index (χ0v) is 12.3. The van der Waals surface area contributed by atoms with Crippen molar-refractivity contribution in [1.82, 2.24) is 0 Å². The Morgan fingerprint density at radius 3 is 2.56 bits per heavy atom. The maximum absolute atomic E-state index is 5.92. The number of benzene rings is 1. The number of thioether (sulfide) groups is 1. The molecule has 0 amide bonds. The standard InChI is InChI=1S/C15H22ClNS/c16-14-8-6-12(7-9-14)11-18-15-5-3-1-2-4-13(15)10-17/h6-9,13,15H,1-5,10-11,17H2. The van der Waals surface area contributed by atoms with Crippen LogP contribution in [-0.4, -0.2) is 11.8 Å². The molecule has 1 saturated carbocycles. The summed E-state index contributed by atoms with van der Waals surface area (Å²) in [5.41, 5.74) is 7.29. The first-order chi connectivity index (χ1) is 8.79. The fourth-order valence-electron chi connectivity index (χ4n) is 2.62. The second kappa shape index (κ2) is 7.42. The molecule has 1 aromatic rings. The number of hydrogen-bond donors (Lipinski definition) is 1. The molecule has 100 valence electrons. The smallest absolute Gasteiger partial charge is 0.0406 e. The quantitative estimate of drug-likeness (QED) is 0.825. The molecule has 2 unspecified atom stereocenters. The van der Waals surface area contributed by atoms with Crippen molar-refractivity contribution in [2.24, 2.45) is 11.7 Å². The van der Waals surface area contributed by atoms with Gasteiger partial charge in [0.05, 0.1) is 0 Å². The van der Waals surface area contributed by atoms with E-state index < -0.39 is 0 Å². The molecule has 1 nitrogen and oxygen atoms in total. The molecule has 1 fully saturated rings. The van der Waals surface area contributed by atoms with E-state index >= 15 is 0 Å². The first-order valence-electron chi connectivity index (χ1n) is 6.85. The van der Waals surface area contributed by atoms with Gasteiger partial charge in [-0.2, -0.15) is 11.8 Å². The number of nitrogens with two attached hydrogens (primary N) is 1. The summed E-state index contributed by atoms with van der Waals surface area (Å²) in [6.07, 6.45) is 6.76. The largest absolute Gasteiger partial charge is 0.330 e. The Morgan fingerprint density at radius 1 is 1.11 bits per heavy atom. The monoisotopic (exact) mass is 283 g/mol. The van der Waals surface area contributed by atoms with Gasteiger partial charge in [-0.1, -0.05) is 43.0 Å². The van der Waals surface area contributed by atoms with Gasteiger partial charge in [-0.15, -0.1) is 0 Å². The third kappa shape index (κ3) is 4.18. The van der Waals surface area contributed by atoms with Crippen molar-refractivity contribution in [3.63, 3.8) is 0 Å². The Bertz CT molecular complexity index is 352. The first kappa shape index (κ1) is 14.2. The van der Waals surface area contributed by atoms with Gasteiger partial charge in [0.1, 0.15) is 0 Å². The van der Waals surface area contributed by atoms with Gasteiger partial charge in [-0.05, 0) is 43.0 Å². The van der Waals surface area contributed by atoms with Gasteiger partial charge in [-0.25, -0.2) is 0 Å². The predicted molar refractivity (Wildman–Crippen MR) is 82.2 cm³/mol. The molecule has 18 heavy (non-hydrogen) atoms. The number of rotatable bonds is 4. The second-order valence-corrected chi connectivity index (χ2v) is 6.77. The lowest BCUT2D eigenvalue weighted by Gasteiger charge is -2.23. The van der Waals surface area contributed by atoms with Crippen molar-refractivity contribution in [3.8, 4) is 0 Å². The predicted octanol–water partition coefficient (Wildman–Crippen LogP) is 4.48. The Balaban J connectivity index is 1.88. The topological polar surface area (TPSA) is 26.0 Å². The van der Waals surface area contributed by atoms with Crippen molar-refractivity contribution in [2.75, 3.05) is 6.54 Å². The summed E-state index contributed by atoms with van der Waals surface area (Å²) in [6.45, 7) is 0.846. The van der Waals surface area contributed by atoms with Crippen molar-refractivity contribution in [3.05, 3.63) is 34.9 Å². The van der Waals surface area contributed by atoms with Gasteiger partial charge < -0.3 is 5.73 Å². The summed E-state index contributed by atoms with van der Waals surface area (Å²) in [6, 6.07) is 8.21. The molecule has 2 N–H and O–H groups in total. The van der Waals surface area contributed by atoms with Gasteiger partial charge in [-0.3, -0.25) is 0 Å². The molecule has 0 aromatic heterocycles. The van der Waals surface area contributed by atoms with Crippen LogP contribution in [0.3, 0.4) is 0 Å². The van der Waals surface area contributed by atoms with E-state index in [0.29, 0.717) is 5.92 Å². The number of halogens is 1. The van der Waals surface area contributed by atoms with Crippen LogP contribution in [0.1, 0.15) is 37.7 Å². The van der Waals surface area contributed by atoms with Gasteiger partial charge in [0, 0.05) is 16.0 Å². The van der Waals surface area contributed by atoms with Gasteiger partial charge >= 0.3 is 0 Å². The third-order valence-electron chi connectivity index (χ3n) is 3.77. The maximum Gasteiger partial charge on any atom is 0.0406 e. The molecule has 1 aliphatic carbocycles. The summed E-state index contributed by atoms with van der Waals surface area (Å²) < 4.78 is 0. The van der Waals surface area contributed by atoms with E-state index in [-0.39, 0.29) is 0 Å². The lowest BCUT2D eigenvalue weighted by atomic mass is 10.0. The molecule has 0 spiro atoms. The van der Waals surface area contributed by atoms with Crippen LogP contribution >= 0.6 is 23.4 Å². The normalized spacial score (nSPS) is 24.8. The first-order valence-corrected chi connectivity index (χ1v) is 8.28. The van der Waals surface area contributed by atoms with E-state index in [4.69, 9.17) is 17.3 Å². The molecular formula is C15H22ClNS. The van der Waals surface area contributed by atoms with Crippen LogP contribution in [0.4, 0.5) is 0 Å². The molecule has 2 rings (SSSR count). The highest BCUT2D eigenvalue weighted by molar-refractivity contribution is 7.99. The molecule has 0 bridgehead atoms. The Labute approximate surface area is 119 Å². The SMILES string of the molecule is NCC1CCCCCC1SCc1ccc(Cl)cc1. The van der Waals surface area contributed by atoms with Crippen LogP contribution in [0.15, 0.2) is 24.3 Å². The highest BCUT2D eigenvalue weighted by Gasteiger charge is 2.22. The average Bonchev–Trinajstić information content (AvgIpc) is 2.63. The minimum absolute atomic E-state index is 0.713. The highest BCUT2D eigenvalue weighted by Crippen LogP contribution is 2.33. The van der Waals surface area contributed by atoms with E-state index in [1.165, 1.54) is 37.7 Å². The fraction of sp³-hybridized carbons (Fsp3) is 0.600. The van der Waals surface area contributed by atoms with E-state index in [2.05, 4.69) is 23.9 Å². The molecule has 1 aromatic carbocycles. The highest BCUT2D eigenvalue weighted by atomic mass is 35.5. The summed E-state index contributed by atoms with van der Waals surface area (Å²) >= 11 is 7.98.